The Labute approximate surface area is 138 Å². The number of carbonyl (C=O) groups is 2. The molecule has 2 atom stereocenters. The molecule has 1 rings (SSSR count). The molecule has 0 spiro atoms. The van der Waals surface area contributed by atoms with Crippen molar-refractivity contribution in [3.05, 3.63) is 23.3 Å². The van der Waals surface area contributed by atoms with Crippen molar-refractivity contribution in [2.24, 2.45) is 0 Å². The van der Waals surface area contributed by atoms with E-state index in [0.29, 0.717) is 0 Å². The average molecular weight is 332 g/mol. The summed E-state index contributed by atoms with van der Waals surface area (Å²) in [4.78, 5) is 23.5. The van der Waals surface area contributed by atoms with Gasteiger partial charge >= 0.3 is 11.9 Å². The van der Waals surface area contributed by atoms with Crippen LogP contribution in [0.4, 0.5) is 0 Å². The maximum Gasteiger partial charge on any atom is 0.328 e. The van der Waals surface area contributed by atoms with Gasteiger partial charge in [0.2, 0.25) is 0 Å². The largest absolute Gasteiger partial charge is 0.508 e. The fourth-order valence-electron chi connectivity index (χ4n) is 2.02. The van der Waals surface area contributed by atoms with Crippen LogP contribution in [-0.4, -0.2) is 35.4 Å². The van der Waals surface area contributed by atoms with E-state index in [1.807, 2.05) is 0 Å². The highest BCUT2D eigenvalue weighted by Gasteiger charge is 2.30. The van der Waals surface area contributed by atoms with Crippen molar-refractivity contribution in [2.75, 3.05) is 13.2 Å². The SMILES string of the molecule is CCOC(=O)[C@@H](C#N)c1cc(O)c([C@H](C#N)C(=O)OCC)cc1O. The summed E-state index contributed by atoms with van der Waals surface area (Å²) in [5, 5.41) is 38.3. The lowest BCUT2D eigenvalue weighted by Gasteiger charge is -2.15. The third kappa shape index (κ3) is 3.93. The Bertz CT molecular complexity index is 655. The minimum Gasteiger partial charge on any atom is -0.508 e. The van der Waals surface area contributed by atoms with Crippen molar-refractivity contribution in [3.63, 3.8) is 0 Å². The molecular formula is C16H16N2O6. The number of nitriles is 2. The van der Waals surface area contributed by atoms with Gasteiger partial charge in [0.1, 0.15) is 11.5 Å². The van der Waals surface area contributed by atoms with Crippen molar-refractivity contribution in [1.29, 1.82) is 10.5 Å². The van der Waals surface area contributed by atoms with Crippen LogP contribution in [0.5, 0.6) is 11.5 Å². The molecule has 2 N–H and O–H groups in total. The van der Waals surface area contributed by atoms with Crippen LogP contribution in [0.3, 0.4) is 0 Å². The number of esters is 2. The van der Waals surface area contributed by atoms with Crippen LogP contribution in [0, 0.1) is 22.7 Å². The predicted octanol–water partition coefficient (Wildman–Crippen LogP) is 1.44. The van der Waals surface area contributed by atoms with E-state index in [-0.39, 0.29) is 24.3 Å². The maximum atomic E-state index is 11.7. The summed E-state index contributed by atoms with van der Waals surface area (Å²) in [5.74, 6) is -5.71. The molecule has 0 amide bonds. The van der Waals surface area contributed by atoms with E-state index in [2.05, 4.69) is 0 Å². The molecule has 0 bridgehead atoms. The Kier molecular flexibility index (Phi) is 6.57. The van der Waals surface area contributed by atoms with Crippen molar-refractivity contribution in [1.82, 2.24) is 0 Å². The highest BCUT2D eigenvalue weighted by molar-refractivity contribution is 5.85. The lowest BCUT2D eigenvalue weighted by Crippen LogP contribution is -2.16. The summed E-state index contributed by atoms with van der Waals surface area (Å²) in [6.07, 6.45) is 0. The van der Waals surface area contributed by atoms with Gasteiger partial charge in [-0.05, 0) is 26.0 Å². The van der Waals surface area contributed by atoms with E-state index < -0.39 is 35.3 Å². The van der Waals surface area contributed by atoms with E-state index in [0.717, 1.165) is 12.1 Å². The number of aromatic hydroxyl groups is 2. The number of phenolic OH excluding ortho intramolecular Hbond substituents is 2. The molecule has 0 saturated carbocycles. The Balaban J connectivity index is 3.32. The highest BCUT2D eigenvalue weighted by atomic mass is 16.5. The first kappa shape index (κ1) is 18.8. The van der Waals surface area contributed by atoms with Crippen LogP contribution in [0.15, 0.2) is 12.1 Å². The zero-order chi connectivity index (χ0) is 18.3. The molecule has 1 aromatic rings. The van der Waals surface area contributed by atoms with Crippen molar-refractivity contribution < 1.29 is 29.3 Å². The molecular weight excluding hydrogens is 316 g/mol. The van der Waals surface area contributed by atoms with Gasteiger partial charge in [-0.15, -0.1) is 0 Å². The van der Waals surface area contributed by atoms with Crippen molar-refractivity contribution >= 4 is 11.9 Å². The van der Waals surface area contributed by atoms with E-state index in [9.17, 15) is 19.8 Å². The van der Waals surface area contributed by atoms with Gasteiger partial charge in [0, 0.05) is 11.1 Å². The zero-order valence-corrected chi connectivity index (χ0v) is 13.1. The first-order chi connectivity index (χ1) is 11.4. The lowest BCUT2D eigenvalue weighted by molar-refractivity contribution is -0.144. The fraction of sp³-hybridized carbons (Fsp3) is 0.375. The van der Waals surface area contributed by atoms with Crippen molar-refractivity contribution in [3.8, 4) is 23.6 Å². The summed E-state index contributed by atoms with van der Waals surface area (Å²) >= 11 is 0. The Morgan fingerprint density at radius 1 is 0.958 bits per heavy atom. The second-order valence-corrected chi connectivity index (χ2v) is 4.60. The zero-order valence-electron chi connectivity index (χ0n) is 13.1. The fourth-order valence-corrected chi connectivity index (χ4v) is 2.02. The predicted molar refractivity (Wildman–Crippen MR) is 79.7 cm³/mol. The minimum atomic E-state index is -1.45. The first-order valence-corrected chi connectivity index (χ1v) is 7.09. The van der Waals surface area contributed by atoms with E-state index in [1.165, 1.54) is 0 Å². The summed E-state index contributed by atoms with van der Waals surface area (Å²) in [6.45, 7) is 3.20. The molecule has 8 heteroatoms. The van der Waals surface area contributed by atoms with E-state index in [4.69, 9.17) is 20.0 Å². The number of rotatable bonds is 6. The number of benzene rings is 1. The smallest absolute Gasteiger partial charge is 0.328 e. The molecule has 0 fully saturated rings. The molecule has 126 valence electrons. The number of hydrogen-bond acceptors (Lipinski definition) is 8. The van der Waals surface area contributed by atoms with Crippen LogP contribution in [-0.2, 0) is 19.1 Å². The molecule has 0 aromatic heterocycles. The molecule has 24 heavy (non-hydrogen) atoms. The van der Waals surface area contributed by atoms with Crippen LogP contribution < -0.4 is 0 Å². The molecule has 0 aliphatic carbocycles. The molecule has 1 aromatic carbocycles. The molecule has 0 heterocycles. The second kappa shape index (κ2) is 8.39. The van der Waals surface area contributed by atoms with Gasteiger partial charge in [-0.3, -0.25) is 9.59 Å². The molecule has 8 nitrogen and oxygen atoms in total. The van der Waals surface area contributed by atoms with E-state index >= 15 is 0 Å². The average Bonchev–Trinajstić information content (AvgIpc) is 2.53. The maximum absolute atomic E-state index is 11.7. The van der Waals surface area contributed by atoms with Gasteiger partial charge < -0.3 is 19.7 Å². The number of phenols is 2. The van der Waals surface area contributed by atoms with Crippen LogP contribution in [0.1, 0.15) is 36.8 Å². The minimum absolute atomic E-state index is 0.0429. The van der Waals surface area contributed by atoms with Crippen molar-refractivity contribution in [2.45, 2.75) is 25.7 Å². The van der Waals surface area contributed by atoms with Gasteiger partial charge in [-0.25, -0.2) is 0 Å². The third-order valence-corrected chi connectivity index (χ3v) is 3.10. The summed E-state index contributed by atoms with van der Waals surface area (Å²) in [6, 6.07) is 5.26. The number of carbonyl (C=O) groups excluding carboxylic acids is 2. The van der Waals surface area contributed by atoms with Gasteiger partial charge in [0.05, 0.1) is 25.4 Å². The Morgan fingerprint density at radius 3 is 1.54 bits per heavy atom. The monoisotopic (exact) mass is 332 g/mol. The highest BCUT2D eigenvalue weighted by Crippen LogP contribution is 2.36. The Morgan fingerprint density at radius 2 is 1.29 bits per heavy atom. The van der Waals surface area contributed by atoms with Gasteiger partial charge in [0.15, 0.2) is 11.8 Å². The molecule has 0 unspecified atom stereocenters. The topological polar surface area (TPSA) is 141 Å². The quantitative estimate of drug-likeness (QED) is 0.589. The normalized spacial score (nSPS) is 12.3. The summed E-state index contributed by atoms with van der Waals surface area (Å²) in [5.41, 5.74) is -0.365. The number of ether oxygens (including phenoxy) is 2. The number of hydrogen-bond donors (Lipinski definition) is 2. The Hall–Kier alpha value is -3.26. The standard InChI is InChI=1S/C16H16N2O6/c1-3-23-15(21)11(7-17)9-5-14(20)10(6-13(9)19)12(8-18)16(22)24-4-2/h5-6,11-12,19-20H,3-4H2,1-2H3/t11-,12-/m0/s1. The van der Waals surface area contributed by atoms with Gasteiger partial charge in [0.25, 0.3) is 0 Å². The van der Waals surface area contributed by atoms with E-state index in [1.54, 1.807) is 26.0 Å². The first-order valence-electron chi connectivity index (χ1n) is 7.09. The van der Waals surface area contributed by atoms with Gasteiger partial charge in [-0.2, -0.15) is 10.5 Å². The summed E-state index contributed by atoms with van der Waals surface area (Å²) < 4.78 is 9.47. The van der Waals surface area contributed by atoms with Crippen LogP contribution in [0.2, 0.25) is 0 Å². The second-order valence-electron chi connectivity index (χ2n) is 4.60. The molecule has 0 aliphatic heterocycles. The molecule has 0 aliphatic rings. The number of nitrogens with zero attached hydrogens (tertiary/aromatic N) is 2. The molecule has 0 radical (unpaired) electrons. The van der Waals surface area contributed by atoms with Crippen LogP contribution in [0.25, 0.3) is 0 Å². The summed E-state index contributed by atoms with van der Waals surface area (Å²) in [7, 11) is 0. The van der Waals surface area contributed by atoms with Gasteiger partial charge in [-0.1, -0.05) is 0 Å². The lowest BCUT2D eigenvalue weighted by atomic mass is 9.93. The third-order valence-electron chi connectivity index (χ3n) is 3.10. The molecule has 0 saturated heterocycles. The van der Waals surface area contributed by atoms with Crippen LogP contribution >= 0.6 is 0 Å².